The van der Waals surface area contributed by atoms with E-state index >= 15 is 0 Å². The predicted molar refractivity (Wildman–Crippen MR) is 75.6 cm³/mol. The molecule has 0 aliphatic rings. The van der Waals surface area contributed by atoms with Crippen molar-refractivity contribution in [1.29, 1.82) is 0 Å². The number of benzene rings is 2. The van der Waals surface area contributed by atoms with Gasteiger partial charge in [0.2, 0.25) is 0 Å². The van der Waals surface area contributed by atoms with Gasteiger partial charge in [-0.05, 0) is 42.3 Å². The van der Waals surface area contributed by atoms with E-state index in [1.165, 1.54) is 18.2 Å². The maximum Gasteiger partial charge on any atom is 0.168 e. The SMILES string of the molecule is Cc1ccc(C(=O)Cc2ccc(F)cc2Cl)c(Cl)c1. The molecular formula is C15H11Cl2FO. The van der Waals surface area contributed by atoms with Crippen LogP contribution >= 0.6 is 23.2 Å². The highest BCUT2D eigenvalue weighted by molar-refractivity contribution is 6.34. The molecule has 0 aromatic heterocycles. The Hall–Kier alpha value is -1.38. The lowest BCUT2D eigenvalue weighted by molar-refractivity contribution is 0.0993. The predicted octanol–water partition coefficient (Wildman–Crippen LogP) is 4.87. The van der Waals surface area contributed by atoms with Crippen LogP contribution in [0.2, 0.25) is 10.0 Å². The molecule has 0 spiro atoms. The number of rotatable bonds is 3. The van der Waals surface area contributed by atoms with Crippen LogP contribution in [0.25, 0.3) is 0 Å². The highest BCUT2D eigenvalue weighted by atomic mass is 35.5. The Labute approximate surface area is 121 Å². The smallest absolute Gasteiger partial charge is 0.168 e. The first-order valence-electron chi connectivity index (χ1n) is 5.70. The first kappa shape index (κ1) is 14.0. The zero-order chi connectivity index (χ0) is 14.0. The Morgan fingerprint density at radius 2 is 1.84 bits per heavy atom. The fraction of sp³-hybridized carbons (Fsp3) is 0.133. The fourth-order valence-corrected chi connectivity index (χ4v) is 2.35. The van der Waals surface area contributed by atoms with Crippen molar-refractivity contribution in [2.24, 2.45) is 0 Å². The molecule has 0 atom stereocenters. The second-order valence-electron chi connectivity index (χ2n) is 4.32. The van der Waals surface area contributed by atoms with Crippen molar-refractivity contribution < 1.29 is 9.18 Å². The monoisotopic (exact) mass is 296 g/mol. The molecule has 2 aromatic carbocycles. The quantitative estimate of drug-likeness (QED) is 0.739. The first-order valence-corrected chi connectivity index (χ1v) is 6.46. The van der Waals surface area contributed by atoms with E-state index in [-0.39, 0.29) is 17.2 Å². The van der Waals surface area contributed by atoms with Crippen molar-refractivity contribution in [3.8, 4) is 0 Å². The van der Waals surface area contributed by atoms with Crippen LogP contribution in [0.5, 0.6) is 0 Å². The van der Waals surface area contributed by atoms with Gasteiger partial charge in [0.05, 0.1) is 5.02 Å². The van der Waals surface area contributed by atoms with E-state index in [2.05, 4.69) is 0 Å². The number of ketones is 1. The molecule has 0 saturated heterocycles. The minimum atomic E-state index is -0.422. The van der Waals surface area contributed by atoms with Crippen molar-refractivity contribution in [1.82, 2.24) is 0 Å². The summed E-state index contributed by atoms with van der Waals surface area (Å²) in [7, 11) is 0. The van der Waals surface area contributed by atoms with Crippen LogP contribution in [0.15, 0.2) is 36.4 Å². The number of carbonyl (C=O) groups excluding carboxylic acids is 1. The molecule has 2 aromatic rings. The molecule has 0 heterocycles. The van der Waals surface area contributed by atoms with Crippen molar-refractivity contribution >= 4 is 29.0 Å². The Bertz CT molecular complexity index is 638. The lowest BCUT2D eigenvalue weighted by Gasteiger charge is -2.06. The Balaban J connectivity index is 2.25. The molecule has 0 fully saturated rings. The summed E-state index contributed by atoms with van der Waals surface area (Å²) < 4.78 is 12.9. The van der Waals surface area contributed by atoms with Crippen molar-refractivity contribution in [2.75, 3.05) is 0 Å². The molecule has 0 amide bonds. The van der Waals surface area contributed by atoms with Gasteiger partial charge in [-0.2, -0.15) is 0 Å². The van der Waals surface area contributed by atoms with Gasteiger partial charge in [-0.25, -0.2) is 4.39 Å². The van der Waals surface area contributed by atoms with Gasteiger partial charge in [-0.3, -0.25) is 4.79 Å². The van der Waals surface area contributed by atoms with E-state index < -0.39 is 5.82 Å². The standard InChI is InChI=1S/C15H11Cl2FO/c1-9-2-5-12(14(17)6-9)15(19)7-10-3-4-11(18)8-13(10)16/h2-6,8H,7H2,1H3. The maximum atomic E-state index is 12.9. The molecule has 19 heavy (non-hydrogen) atoms. The molecule has 0 N–H and O–H groups in total. The van der Waals surface area contributed by atoms with Gasteiger partial charge in [-0.15, -0.1) is 0 Å². The van der Waals surface area contributed by atoms with Crippen LogP contribution in [0, 0.1) is 12.7 Å². The van der Waals surface area contributed by atoms with Gasteiger partial charge < -0.3 is 0 Å². The number of carbonyl (C=O) groups is 1. The van der Waals surface area contributed by atoms with Crippen LogP contribution < -0.4 is 0 Å². The van der Waals surface area contributed by atoms with Crippen LogP contribution in [0.4, 0.5) is 4.39 Å². The molecular weight excluding hydrogens is 286 g/mol. The second kappa shape index (κ2) is 5.72. The summed E-state index contributed by atoms with van der Waals surface area (Å²) in [6.45, 7) is 1.90. The third-order valence-corrected chi connectivity index (χ3v) is 3.46. The topological polar surface area (TPSA) is 17.1 Å². The summed E-state index contributed by atoms with van der Waals surface area (Å²) in [6, 6.07) is 9.24. The number of Topliss-reactive ketones (excluding diaryl/α,β-unsaturated/α-hetero) is 1. The molecule has 4 heteroatoms. The third kappa shape index (κ3) is 3.34. The van der Waals surface area contributed by atoms with Gasteiger partial charge in [0.1, 0.15) is 5.82 Å². The van der Waals surface area contributed by atoms with Gasteiger partial charge >= 0.3 is 0 Å². The van der Waals surface area contributed by atoms with E-state index in [1.54, 1.807) is 12.1 Å². The molecule has 0 bridgehead atoms. The number of halogens is 3. The Kier molecular flexibility index (Phi) is 4.23. The van der Waals surface area contributed by atoms with Crippen LogP contribution in [-0.4, -0.2) is 5.78 Å². The normalized spacial score (nSPS) is 10.5. The van der Waals surface area contributed by atoms with Crippen LogP contribution in [0.3, 0.4) is 0 Å². The van der Waals surface area contributed by atoms with Gasteiger partial charge in [0.25, 0.3) is 0 Å². The number of hydrogen-bond donors (Lipinski definition) is 0. The zero-order valence-electron chi connectivity index (χ0n) is 10.2. The van der Waals surface area contributed by atoms with Crippen molar-refractivity contribution in [3.63, 3.8) is 0 Å². The van der Waals surface area contributed by atoms with Crippen molar-refractivity contribution in [3.05, 3.63) is 69.0 Å². The first-order chi connectivity index (χ1) is 8.97. The largest absolute Gasteiger partial charge is 0.294 e. The lowest BCUT2D eigenvalue weighted by Crippen LogP contribution is -2.05. The molecule has 98 valence electrons. The van der Waals surface area contributed by atoms with Gasteiger partial charge in [0, 0.05) is 17.0 Å². The lowest BCUT2D eigenvalue weighted by atomic mass is 10.0. The molecule has 0 aliphatic heterocycles. The second-order valence-corrected chi connectivity index (χ2v) is 5.13. The summed E-state index contributed by atoms with van der Waals surface area (Å²) in [6.07, 6.45) is 0.0991. The zero-order valence-corrected chi connectivity index (χ0v) is 11.7. The van der Waals surface area contributed by atoms with E-state index in [1.807, 2.05) is 13.0 Å². The summed E-state index contributed by atoms with van der Waals surface area (Å²) in [4.78, 5) is 12.1. The third-order valence-electron chi connectivity index (χ3n) is 2.79. The van der Waals surface area contributed by atoms with E-state index in [4.69, 9.17) is 23.2 Å². The number of aryl methyl sites for hydroxylation is 1. The fourth-order valence-electron chi connectivity index (χ4n) is 1.78. The maximum absolute atomic E-state index is 12.9. The summed E-state index contributed by atoms with van der Waals surface area (Å²) in [5, 5.41) is 0.666. The highest BCUT2D eigenvalue weighted by Gasteiger charge is 2.13. The summed E-state index contributed by atoms with van der Waals surface area (Å²) >= 11 is 11.9. The molecule has 0 unspecified atom stereocenters. The molecule has 0 radical (unpaired) electrons. The summed E-state index contributed by atoms with van der Waals surface area (Å²) in [5.41, 5.74) is 2.03. The molecule has 0 aliphatic carbocycles. The van der Waals surface area contributed by atoms with Crippen molar-refractivity contribution in [2.45, 2.75) is 13.3 Å². The molecule has 2 rings (SSSR count). The van der Waals surface area contributed by atoms with Crippen LogP contribution in [0.1, 0.15) is 21.5 Å². The average Bonchev–Trinajstić information content (AvgIpc) is 2.32. The highest BCUT2D eigenvalue weighted by Crippen LogP contribution is 2.23. The van der Waals surface area contributed by atoms with E-state index in [0.717, 1.165) is 5.56 Å². The molecule has 0 saturated carbocycles. The Morgan fingerprint density at radius 1 is 1.11 bits per heavy atom. The minimum absolute atomic E-state index is 0.0991. The molecule has 1 nitrogen and oxygen atoms in total. The summed E-state index contributed by atoms with van der Waals surface area (Å²) in [5.74, 6) is -0.562. The Morgan fingerprint density at radius 3 is 2.47 bits per heavy atom. The van der Waals surface area contributed by atoms with E-state index in [0.29, 0.717) is 16.1 Å². The number of hydrogen-bond acceptors (Lipinski definition) is 1. The van der Waals surface area contributed by atoms with Gasteiger partial charge in [-0.1, -0.05) is 35.3 Å². The van der Waals surface area contributed by atoms with E-state index in [9.17, 15) is 9.18 Å². The van der Waals surface area contributed by atoms with Gasteiger partial charge in [0.15, 0.2) is 5.78 Å². The van der Waals surface area contributed by atoms with Crippen LogP contribution in [-0.2, 0) is 6.42 Å². The average molecular weight is 297 g/mol. The minimum Gasteiger partial charge on any atom is -0.294 e.